The van der Waals surface area contributed by atoms with Gasteiger partial charge in [0, 0.05) is 65.5 Å². The summed E-state index contributed by atoms with van der Waals surface area (Å²) in [5, 5.41) is 19.2. The van der Waals surface area contributed by atoms with Crippen molar-refractivity contribution in [3.63, 3.8) is 0 Å². The Kier molecular flexibility index (Phi) is 15.2. The second-order valence-electron chi connectivity index (χ2n) is 3.33. The van der Waals surface area contributed by atoms with Gasteiger partial charge >= 0.3 is 0 Å². The van der Waals surface area contributed by atoms with E-state index in [0.29, 0.717) is 0 Å². The van der Waals surface area contributed by atoms with Crippen LogP contribution in [0.25, 0.3) is 0 Å². The predicted molar refractivity (Wildman–Crippen MR) is 46.8 cm³/mol. The summed E-state index contributed by atoms with van der Waals surface area (Å²) in [4.78, 5) is 0. The third-order valence-corrected chi connectivity index (χ3v) is 2.56. The Hall–Kier alpha value is 1.71. The minimum absolute atomic E-state index is 0. The molecule has 2 N–H and O–H groups in total. The molecule has 105 valence electrons. The molecule has 1 rings (SSSR count). The van der Waals surface area contributed by atoms with E-state index in [9.17, 15) is 10.2 Å². The van der Waals surface area contributed by atoms with Crippen LogP contribution in [0.1, 0.15) is 13.3 Å². The number of rotatable bonds is 2. The zero-order valence-electron chi connectivity index (χ0n) is 9.01. The molecule has 2 unspecified atom stereocenters. The van der Waals surface area contributed by atoms with E-state index >= 15 is 0 Å². The topological polar surface area (TPSA) is 58.9 Å². The Balaban J connectivity index is -0.000000563. The van der Waals surface area contributed by atoms with E-state index in [0.717, 1.165) is 6.42 Å². The summed E-state index contributed by atoms with van der Waals surface area (Å²) in [5.41, 5.74) is 0. The Bertz CT molecular complexity index is 173. The Morgan fingerprint density at radius 3 is 2.06 bits per heavy atom. The van der Waals surface area contributed by atoms with Crippen molar-refractivity contribution < 1.29 is 78.1 Å². The maximum Gasteiger partial charge on any atom is 0.183 e. The number of ether oxygens (including phenoxy) is 2. The van der Waals surface area contributed by atoms with Crippen molar-refractivity contribution in [2.24, 2.45) is 5.92 Å². The van der Waals surface area contributed by atoms with Gasteiger partial charge in [-0.05, 0) is 5.92 Å². The van der Waals surface area contributed by atoms with Gasteiger partial charge in [-0.3, -0.25) is 0 Å². The van der Waals surface area contributed by atoms with Gasteiger partial charge in [0.2, 0.25) is 0 Å². The minimum Gasteiger partial charge on any atom is -0.390 e. The Morgan fingerprint density at radius 2 is 1.69 bits per heavy atom. The molecule has 1 heterocycles. The normalized spacial score (nSPS) is 37.7. The standard InChI is InChI=1S/C9H17O4.3Rh/c1-4-6-5(2)13-9(12-3)8(11)7(6)10;;;/h5-11H,2,4H2,1,3H3;;;/q-1;;;/t5?,6-,7-,8?,9+;;;/m0.../s1. The third kappa shape index (κ3) is 5.14. The molecule has 0 saturated carbocycles. The minimum atomic E-state index is -0.979. The van der Waals surface area contributed by atoms with Crippen LogP contribution in [-0.4, -0.2) is 41.9 Å². The van der Waals surface area contributed by atoms with Gasteiger partial charge < -0.3 is 26.6 Å². The Labute approximate surface area is 135 Å². The molecule has 1 fully saturated rings. The van der Waals surface area contributed by atoms with Crippen molar-refractivity contribution in [2.45, 2.75) is 37.9 Å². The summed E-state index contributed by atoms with van der Waals surface area (Å²) in [6, 6.07) is 0. The van der Waals surface area contributed by atoms with Crippen molar-refractivity contribution in [1.29, 1.82) is 0 Å². The monoisotopic (exact) mass is 498 g/mol. The van der Waals surface area contributed by atoms with Gasteiger partial charge in [-0.25, -0.2) is 0 Å². The summed E-state index contributed by atoms with van der Waals surface area (Å²) in [5.74, 6) is -0.124. The van der Waals surface area contributed by atoms with Gasteiger partial charge in [0.15, 0.2) is 6.29 Å². The molecule has 5 atom stereocenters. The number of hydrogen-bond acceptors (Lipinski definition) is 4. The fourth-order valence-corrected chi connectivity index (χ4v) is 1.69. The summed E-state index contributed by atoms with van der Waals surface area (Å²) >= 11 is 0. The smallest absolute Gasteiger partial charge is 0.183 e. The molecule has 0 bridgehead atoms. The average molecular weight is 498 g/mol. The van der Waals surface area contributed by atoms with Crippen molar-refractivity contribution in [3.8, 4) is 0 Å². The predicted octanol–water partition coefficient (Wildman–Crippen LogP) is -0.0677. The molecule has 1 aliphatic heterocycles. The van der Waals surface area contributed by atoms with Crippen molar-refractivity contribution >= 4 is 0 Å². The third-order valence-electron chi connectivity index (χ3n) is 2.56. The van der Waals surface area contributed by atoms with Gasteiger partial charge in [0.1, 0.15) is 6.10 Å². The van der Waals surface area contributed by atoms with Crippen LogP contribution < -0.4 is 0 Å². The van der Waals surface area contributed by atoms with E-state index in [1.54, 1.807) is 0 Å². The Morgan fingerprint density at radius 1 is 1.19 bits per heavy atom. The average Bonchev–Trinajstić information content (AvgIpc) is 2.12. The number of aliphatic hydroxyl groups is 2. The fraction of sp³-hybridized carbons (Fsp3) is 0.889. The van der Waals surface area contributed by atoms with Crippen molar-refractivity contribution in [3.05, 3.63) is 6.92 Å². The van der Waals surface area contributed by atoms with E-state index in [2.05, 4.69) is 6.92 Å². The van der Waals surface area contributed by atoms with Crippen LogP contribution in [0, 0.1) is 12.8 Å². The maximum atomic E-state index is 9.66. The SMILES string of the molecule is [CH2-]C1O[C@@H](OC)C(O)[C@@H](O)[C@H]1CC.[Rh].[Rh].[Rh]. The first kappa shape index (κ1) is 22.9. The first-order valence-corrected chi connectivity index (χ1v) is 4.49. The molecule has 1 saturated heterocycles. The van der Waals surface area contributed by atoms with Crippen LogP contribution in [0.15, 0.2) is 0 Å². The molecule has 0 aromatic carbocycles. The molecule has 0 aromatic heterocycles. The molecule has 16 heavy (non-hydrogen) atoms. The van der Waals surface area contributed by atoms with Crippen LogP contribution in [0.3, 0.4) is 0 Å². The van der Waals surface area contributed by atoms with Crippen LogP contribution in [0.4, 0.5) is 0 Å². The summed E-state index contributed by atoms with van der Waals surface area (Å²) in [6.07, 6.45) is -2.16. The molecular weight excluding hydrogens is 481 g/mol. The molecule has 0 spiro atoms. The fourth-order valence-electron chi connectivity index (χ4n) is 1.69. The van der Waals surface area contributed by atoms with Crippen LogP contribution in [0.2, 0.25) is 0 Å². The number of aliphatic hydroxyl groups excluding tert-OH is 2. The van der Waals surface area contributed by atoms with E-state index in [1.807, 2.05) is 6.92 Å². The maximum absolute atomic E-state index is 9.66. The molecule has 0 amide bonds. The molecular formula is C9H17O4Rh3-. The van der Waals surface area contributed by atoms with Gasteiger partial charge in [0.05, 0.1) is 6.10 Å². The van der Waals surface area contributed by atoms with E-state index in [-0.39, 0.29) is 70.5 Å². The summed E-state index contributed by atoms with van der Waals surface area (Å²) in [6.45, 7) is 5.69. The first-order chi connectivity index (χ1) is 6.11. The number of hydrogen-bond donors (Lipinski definition) is 2. The van der Waals surface area contributed by atoms with E-state index in [4.69, 9.17) is 9.47 Å². The molecule has 0 aliphatic carbocycles. The van der Waals surface area contributed by atoms with Gasteiger partial charge in [-0.15, -0.1) is 0 Å². The zero-order valence-corrected chi connectivity index (χ0v) is 13.9. The van der Waals surface area contributed by atoms with Gasteiger partial charge in [-0.1, -0.05) is 19.4 Å². The van der Waals surface area contributed by atoms with Gasteiger partial charge in [0.25, 0.3) is 0 Å². The molecule has 1 aliphatic rings. The van der Waals surface area contributed by atoms with Crippen LogP contribution in [-0.2, 0) is 67.9 Å². The molecule has 0 aromatic rings. The van der Waals surface area contributed by atoms with Crippen LogP contribution in [0.5, 0.6) is 0 Å². The van der Waals surface area contributed by atoms with Crippen LogP contribution >= 0.6 is 0 Å². The quantitative estimate of drug-likeness (QED) is 0.414. The second kappa shape index (κ2) is 10.6. The number of methoxy groups -OCH3 is 1. The van der Waals surface area contributed by atoms with Crippen molar-refractivity contribution in [2.75, 3.05) is 7.11 Å². The largest absolute Gasteiger partial charge is 0.390 e. The summed E-state index contributed by atoms with van der Waals surface area (Å²) in [7, 11) is 1.43. The zero-order chi connectivity index (χ0) is 10.0. The molecule has 7 heteroatoms. The van der Waals surface area contributed by atoms with E-state index in [1.165, 1.54) is 7.11 Å². The first-order valence-electron chi connectivity index (χ1n) is 4.49. The van der Waals surface area contributed by atoms with Gasteiger partial charge in [-0.2, -0.15) is 0 Å². The summed E-state index contributed by atoms with van der Waals surface area (Å²) < 4.78 is 10.1. The molecule has 4 nitrogen and oxygen atoms in total. The second-order valence-corrected chi connectivity index (χ2v) is 3.33. The van der Waals surface area contributed by atoms with E-state index < -0.39 is 18.5 Å². The molecule has 3 radical (unpaired) electrons. The van der Waals surface area contributed by atoms with Crippen molar-refractivity contribution in [1.82, 2.24) is 0 Å².